The fourth-order valence-corrected chi connectivity index (χ4v) is 2.92. The molecule has 1 aliphatic carbocycles. The van der Waals surface area contributed by atoms with Crippen molar-refractivity contribution in [2.45, 2.75) is 65.0 Å². The Morgan fingerprint density at radius 1 is 1.38 bits per heavy atom. The molecule has 16 heavy (non-hydrogen) atoms. The second-order valence-corrected chi connectivity index (χ2v) is 5.64. The fourth-order valence-electron chi connectivity index (χ4n) is 2.92. The predicted molar refractivity (Wildman–Crippen MR) is 66.6 cm³/mol. The summed E-state index contributed by atoms with van der Waals surface area (Å²) in [5.41, 5.74) is 10.2. The van der Waals surface area contributed by atoms with Crippen molar-refractivity contribution in [2.75, 3.05) is 0 Å². The highest BCUT2D eigenvalue weighted by Crippen LogP contribution is 2.50. The van der Waals surface area contributed by atoms with Gasteiger partial charge in [0.2, 0.25) is 0 Å². The van der Waals surface area contributed by atoms with E-state index in [1.54, 1.807) is 0 Å². The number of rotatable bonds is 3. The highest BCUT2D eigenvalue weighted by atomic mass is 15.3. The Morgan fingerprint density at radius 2 is 1.94 bits per heavy atom. The first-order chi connectivity index (χ1) is 7.33. The van der Waals surface area contributed by atoms with Crippen molar-refractivity contribution in [1.29, 1.82) is 0 Å². The minimum absolute atomic E-state index is 0.00980. The van der Waals surface area contributed by atoms with Gasteiger partial charge in [-0.05, 0) is 33.6 Å². The first-order valence-electron chi connectivity index (χ1n) is 6.17. The minimum atomic E-state index is -0.00980. The van der Waals surface area contributed by atoms with Gasteiger partial charge in [-0.15, -0.1) is 0 Å². The molecule has 0 saturated heterocycles. The number of hydrogen-bond acceptors (Lipinski definition) is 2. The third-order valence-electron chi connectivity index (χ3n) is 4.34. The van der Waals surface area contributed by atoms with Crippen LogP contribution in [0.15, 0.2) is 0 Å². The van der Waals surface area contributed by atoms with E-state index >= 15 is 0 Å². The van der Waals surface area contributed by atoms with Crippen LogP contribution in [0.25, 0.3) is 0 Å². The molecule has 0 unspecified atom stereocenters. The van der Waals surface area contributed by atoms with E-state index in [4.69, 9.17) is 5.73 Å². The third-order valence-corrected chi connectivity index (χ3v) is 4.34. The molecule has 0 bridgehead atoms. The molecule has 0 atom stereocenters. The molecule has 3 heteroatoms. The molecule has 2 rings (SSSR count). The summed E-state index contributed by atoms with van der Waals surface area (Å²) in [4.78, 5) is 0. The van der Waals surface area contributed by atoms with Crippen molar-refractivity contribution in [1.82, 2.24) is 9.78 Å². The molecule has 0 aromatic carbocycles. The van der Waals surface area contributed by atoms with Gasteiger partial charge in [0.25, 0.3) is 0 Å². The Hall–Kier alpha value is -0.830. The van der Waals surface area contributed by atoms with Gasteiger partial charge in [0.1, 0.15) is 0 Å². The van der Waals surface area contributed by atoms with E-state index in [1.165, 1.54) is 11.3 Å². The zero-order valence-corrected chi connectivity index (χ0v) is 11.1. The van der Waals surface area contributed by atoms with Gasteiger partial charge in [-0.3, -0.25) is 4.68 Å². The molecule has 1 heterocycles. The van der Waals surface area contributed by atoms with Crippen LogP contribution in [0.2, 0.25) is 0 Å². The normalized spacial score (nSPS) is 18.9. The Labute approximate surface area is 98.0 Å². The largest absolute Gasteiger partial charge is 0.324 e. The molecule has 1 aromatic heterocycles. The van der Waals surface area contributed by atoms with Crippen LogP contribution < -0.4 is 5.73 Å². The van der Waals surface area contributed by atoms with E-state index in [-0.39, 0.29) is 11.0 Å². The summed E-state index contributed by atoms with van der Waals surface area (Å²) in [6.45, 7) is 11.8. The van der Waals surface area contributed by atoms with Crippen LogP contribution in [0.3, 0.4) is 0 Å². The van der Waals surface area contributed by atoms with Crippen LogP contribution in [-0.4, -0.2) is 15.3 Å². The molecule has 1 aromatic rings. The van der Waals surface area contributed by atoms with Crippen molar-refractivity contribution < 1.29 is 0 Å². The molecule has 2 N–H and O–H groups in total. The topological polar surface area (TPSA) is 43.8 Å². The summed E-state index contributed by atoms with van der Waals surface area (Å²) in [6, 6.07) is 0. The average Bonchev–Trinajstić information content (AvgIpc) is 2.87. The standard InChI is InChI=1S/C13H23N3/c1-6-16-10(3)11(9(2)15-16)12(4,5)13(14)7-8-13/h6-8,14H2,1-5H3. The van der Waals surface area contributed by atoms with Crippen LogP contribution in [0.4, 0.5) is 0 Å². The molecule has 0 amide bonds. The van der Waals surface area contributed by atoms with E-state index in [2.05, 4.69) is 44.4 Å². The molecule has 3 nitrogen and oxygen atoms in total. The van der Waals surface area contributed by atoms with E-state index in [9.17, 15) is 0 Å². The maximum absolute atomic E-state index is 6.41. The average molecular weight is 221 g/mol. The lowest BCUT2D eigenvalue weighted by Gasteiger charge is -2.32. The second-order valence-electron chi connectivity index (χ2n) is 5.64. The second kappa shape index (κ2) is 3.33. The van der Waals surface area contributed by atoms with Gasteiger partial charge in [0.15, 0.2) is 0 Å². The molecule has 90 valence electrons. The number of nitrogens with zero attached hydrogens (tertiary/aromatic N) is 2. The molecular formula is C13H23N3. The molecule has 0 aliphatic heterocycles. The van der Waals surface area contributed by atoms with E-state index < -0.39 is 0 Å². The predicted octanol–water partition coefficient (Wildman–Crippen LogP) is 2.29. The summed E-state index contributed by atoms with van der Waals surface area (Å²) >= 11 is 0. The van der Waals surface area contributed by atoms with Gasteiger partial charge < -0.3 is 5.73 Å². The summed E-state index contributed by atoms with van der Waals surface area (Å²) in [7, 11) is 0. The maximum atomic E-state index is 6.41. The van der Waals surface area contributed by atoms with Gasteiger partial charge >= 0.3 is 0 Å². The third kappa shape index (κ3) is 1.41. The summed E-state index contributed by atoms with van der Waals surface area (Å²) < 4.78 is 2.08. The first-order valence-corrected chi connectivity index (χ1v) is 6.17. The fraction of sp³-hybridized carbons (Fsp3) is 0.769. The lowest BCUT2D eigenvalue weighted by atomic mass is 9.75. The van der Waals surface area contributed by atoms with Crippen LogP contribution in [0, 0.1) is 13.8 Å². The van der Waals surface area contributed by atoms with Crippen LogP contribution in [0.1, 0.15) is 50.6 Å². The van der Waals surface area contributed by atoms with E-state index in [0.717, 1.165) is 25.1 Å². The lowest BCUT2D eigenvalue weighted by molar-refractivity contribution is 0.387. The molecule has 1 saturated carbocycles. The summed E-state index contributed by atoms with van der Waals surface area (Å²) in [5, 5.41) is 4.60. The highest BCUT2D eigenvalue weighted by Gasteiger charge is 2.53. The van der Waals surface area contributed by atoms with Crippen molar-refractivity contribution >= 4 is 0 Å². The monoisotopic (exact) mass is 221 g/mol. The Morgan fingerprint density at radius 3 is 2.31 bits per heavy atom. The van der Waals surface area contributed by atoms with Gasteiger partial charge in [0, 0.05) is 28.8 Å². The Bertz CT molecular complexity index is 411. The van der Waals surface area contributed by atoms with Gasteiger partial charge in [-0.25, -0.2) is 0 Å². The highest BCUT2D eigenvalue weighted by molar-refractivity contribution is 5.38. The molecule has 0 spiro atoms. The molecule has 1 fully saturated rings. The first kappa shape index (κ1) is 11.6. The SMILES string of the molecule is CCn1nc(C)c(C(C)(C)C2(N)CC2)c1C. The van der Waals surface area contributed by atoms with Crippen LogP contribution >= 0.6 is 0 Å². The smallest absolute Gasteiger partial charge is 0.0634 e. The molecular weight excluding hydrogens is 198 g/mol. The lowest BCUT2D eigenvalue weighted by Crippen LogP contribution is -2.44. The number of hydrogen-bond donors (Lipinski definition) is 1. The van der Waals surface area contributed by atoms with Crippen LogP contribution in [0.5, 0.6) is 0 Å². The number of aryl methyl sites for hydroxylation is 2. The Kier molecular flexibility index (Phi) is 2.42. The van der Waals surface area contributed by atoms with Crippen molar-refractivity contribution in [3.63, 3.8) is 0 Å². The van der Waals surface area contributed by atoms with Crippen molar-refractivity contribution in [3.8, 4) is 0 Å². The van der Waals surface area contributed by atoms with Gasteiger partial charge in [0.05, 0.1) is 5.69 Å². The Balaban J connectivity index is 2.51. The maximum Gasteiger partial charge on any atom is 0.0634 e. The van der Waals surface area contributed by atoms with Gasteiger partial charge in [-0.1, -0.05) is 13.8 Å². The van der Waals surface area contributed by atoms with Crippen molar-refractivity contribution in [2.24, 2.45) is 5.73 Å². The van der Waals surface area contributed by atoms with Crippen molar-refractivity contribution in [3.05, 3.63) is 17.0 Å². The summed E-state index contributed by atoms with van der Waals surface area (Å²) in [6.07, 6.45) is 2.27. The van der Waals surface area contributed by atoms with Crippen LogP contribution in [-0.2, 0) is 12.0 Å². The summed E-state index contributed by atoms with van der Waals surface area (Å²) in [5.74, 6) is 0. The molecule has 1 aliphatic rings. The van der Waals surface area contributed by atoms with E-state index in [1.807, 2.05) is 0 Å². The number of aromatic nitrogens is 2. The zero-order chi connectivity index (χ0) is 12.1. The van der Waals surface area contributed by atoms with E-state index in [0.29, 0.717) is 0 Å². The zero-order valence-electron chi connectivity index (χ0n) is 11.1. The quantitative estimate of drug-likeness (QED) is 0.851. The number of nitrogens with two attached hydrogens (primary N) is 1. The minimum Gasteiger partial charge on any atom is -0.324 e. The molecule has 0 radical (unpaired) electrons. The van der Waals surface area contributed by atoms with Gasteiger partial charge in [-0.2, -0.15) is 5.10 Å².